The minimum absolute atomic E-state index is 0.0459. The van der Waals surface area contributed by atoms with Crippen LogP contribution in [-0.4, -0.2) is 14.8 Å². The first-order valence-electron chi connectivity index (χ1n) is 3.46. The molecule has 0 amide bonds. The summed E-state index contributed by atoms with van der Waals surface area (Å²) >= 11 is 0. The summed E-state index contributed by atoms with van der Waals surface area (Å²) in [6, 6.07) is 2.87. The fourth-order valence-corrected chi connectivity index (χ4v) is 1.04. The van der Waals surface area contributed by atoms with Gasteiger partial charge in [-0.3, -0.25) is 9.78 Å². The van der Waals surface area contributed by atoms with E-state index >= 15 is 0 Å². The predicted molar refractivity (Wildman–Crippen MR) is 43.1 cm³/mol. The molecule has 0 atom stereocenters. The minimum Gasteiger partial charge on any atom is -0.271 e. The molecule has 5 nitrogen and oxygen atoms in total. The Hall–Kier alpha value is -1.98. The molecule has 6 heteroatoms. The van der Waals surface area contributed by atoms with E-state index in [1.807, 2.05) is 4.98 Å². The molecule has 13 heavy (non-hydrogen) atoms. The molecule has 1 N–H and O–H groups in total. The third kappa shape index (κ3) is 1.03. The van der Waals surface area contributed by atoms with Gasteiger partial charge in [-0.25, -0.2) is 9.78 Å². The lowest BCUT2D eigenvalue weighted by Crippen LogP contribution is -2.27. The molecule has 0 aromatic carbocycles. The fourth-order valence-electron chi connectivity index (χ4n) is 1.04. The average Bonchev–Trinajstić information content (AvgIpc) is 2.15. The maximum absolute atomic E-state index is 12.9. The largest absolute Gasteiger partial charge is 0.358 e. The Bertz CT molecular complexity index is 572. The van der Waals surface area contributed by atoms with Crippen LogP contribution in [-0.2, 0) is 0 Å². The predicted octanol–water partition coefficient (Wildman–Crippen LogP) is -0.183. The van der Waals surface area contributed by atoms with Gasteiger partial charge in [-0.1, -0.05) is 4.48 Å². The van der Waals surface area contributed by atoms with Crippen LogP contribution in [0, 0.1) is 0 Å². The first kappa shape index (κ1) is 7.66. The lowest BCUT2D eigenvalue weighted by molar-refractivity contribution is 0.359. The summed E-state index contributed by atoms with van der Waals surface area (Å²) in [7, 11) is 0. The molecule has 0 aliphatic rings. The molecule has 2 aromatic heterocycles. The summed E-state index contributed by atoms with van der Waals surface area (Å²) in [4.78, 5) is 27.0. The lowest BCUT2D eigenvalue weighted by atomic mass is 10.3. The van der Waals surface area contributed by atoms with Crippen LogP contribution >= 0.6 is 0 Å². The van der Waals surface area contributed by atoms with Crippen molar-refractivity contribution in [3.8, 4) is 0 Å². The van der Waals surface area contributed by atoms with Crippen LogP contribution in [0.15, 0.2) is 27.9 Å². The molecule has 0 fully saturated rings. The Morgan fingerprint density at radius 3 is 3.00 bits per heavy atom. The Labute approximate surface area is 70.4 Å². The van der Waals surface area contributed by atoms with E-state index in [2.05, 4.69) is 4.98 Å². The summed E-state index contributed by atoms with van der Waals surface area (Å²) in [6.45, 7) is 0. The molecule has 0 aliphatic carbocycles. The highest BCUT2D eigenvalue weighted by Gasteiger charge is 2.05. The van der Waals surface area contributed by atoms with Gasteiger partial charge in [-0.2, -0.15) is 0 Å². The van der Waals surface area contributed by atoms with Gasteiger partial charge in [0, 0.05) is 6.20 Å². The summed E-state index contributed by atoms with van der Waals surface area (Å²) in [5.74, 6) is 0. The molecule has 0 unspecified atom stereocenters. The number of hydrogen-bond donors (Lipinski definition) is 1. The molecule has 0 saturated heterocycles. The molecule has 66 valence electrons. The van der Waals surface area contributed by atoms with E-state index in [1.54, 1.807) is 0 Å². The molecule has 0 spiro atoms. The van der Waals surface area contributed by atoms with Gasteiger partial charge >= 0.3 is 5.69 Å². The molecule has 0 aliphatic heterocycles. The van der Waals surface area contributed by atoms with Gasteiger partial charge in [-0.15, -0.1) is 4.79 Å². The molecule has 0 radical (unpaired) electrons. The summed E-state index contributed by atoms with van der Waals surface area (Å²) in [5.41, 5.74) is -2.02. The van der Waals surface area contributed by atoms with Crippen LogP contribution in [0.1, 0.15) is 0 Å². The highest BCUT2D eigenvalue weighted by Crippen LogP contribution is 2.01. The molecular weight excluding hydrogens is 177 g/mol. The van der Waals surface area contributed by atoms with Crippen molar-refractivity contribution < 1.29 is 4.48 Å². The van der Waals surface area contributed by atoms with E-state index in [-0.39, 0.29) is 15.8 Å². The zero-order valence-corrected chi connectivity index (χ0v) is 6.32. The Balaban J connectivity index is 3.15. The quantitative estimate of drug-likeness (QED) is 0.612. The van der Waals surface area contributed by atoms with Gasteiger partial charge in [0.2, 0.25) is 0 Å². The van der Waals surface area contributed by atoms with Crippen molar-refractivity contribution >= 4 is 11.0 Å². The number of pyridine rings is 1. The van der Waals surface area contributed by atoms with E-state index in [4.69, 9.17) is 0 Å². The number of rotatable bonds is 0. The number of aromatic nitrogens is 3. The average molecular weight is 181 g/mol. The van der Waals surface area contributed by atoms with Crippen molar-refractivity contribution in [3.63, 3.8) is 0 Å². The maximum Gasteiger partial charge on any atom is 0.358 e. The Morgan fingerprint density at radius 1 is 1.46 bits per heavy atom. The Kier molecular flexibility index (Phi) is 1.48. The van der Waals surface area contributed by atoms with Crippen molar-refractivity contribution in [2.45, 2.75) is 0 Å². The van der Waals surface area contributed by atoms with Gasteiger partial charge in [0.25, 0.3) is 5.56 Å². The van der Waals surface area contributed by atoms with Crippen LogP contribution < -0.4 is 11.2 Å². The molecule has 0 saturated carbocycles. The SMILES string of the molecule is O=c1[nH]c(=O)n(F)c2ncccc12. The summed E-state index contributed by atoms with van der Waals surface area (Å²) in [5, 5.41) is 0.0459. The lowest BCUT2D eigenvalue weighted by Gasteiger charge is -1.96. The number of hydrogen-bond acceptors (Lipinski definition) is 3. The van der Waals surface area contributed by atoms with E-state index in [1.165, 1.54) is 18.3 Å². The van der Waals surface area contributed by atoms with Crippen molar-refractivity contribution in [2.24, 2.45) is 0 Å². The Morgan fingerprint density at radius 2 is 2.23 bits per heavy atom. The van der Waals surface area contributed by atoms with Crippen molar-refractivity contribution in [1.29, 1.82) is 0 Å². The smallest absolute Gasteiger partial charge is 0.271 e. The molecule has 2 rings (SSSR count). The van der Waals surface area contributed by atoms with Crippen LogP contribution in [0.2, 0.25) is 0 Å². The number of nitrogens with one attached hydrogen (secondary N) is 1. The fraction of sp³-hybridized carbons (Fsp3) is 0. The highest BCUT2D eigenvalue weighted by molar-refractivity contribution is 5.72. The maximum atomic E-state index is 12.9. The van der Waals surface area contributed by atoms with Crippen molar-refractivity contribution in [1.82, 2.24) is 14.8 Å². The van der Waals surface area contributed by atoms with E-state index in [0.29, 0.717) is 0 Å². The zero-order chi connectivity index (χ0) is 9.42. The first-order chi connectivity index (χ1) is 6.20. The molecule has 2 heterocycles. The number of aromatic amines is 1. The topological polar surface area (TPSA) is 67.8 Å². The number of H-pyrrole nitrogens is 1. The molecular formula is C7H4FN3O2. The van der Waals surface area contributed by atoms with Gasteiger partial charge in [0.05, 0.1) is 5.39 Å². The number of fused-ring (bicyclic) bond motifs is 1. The highest BCUT2D eigenvalue weighted by atomic mass is 19.2. The zero-order valence-electron chi connectivity index (χ0n) is 6.32. The third-order valence-electron chi connectivity index (χ3n) is 1.62. The minimum atomic E-state index is -1.11. The second kappa shape index (κ2) is 2.51. The first-order valence-corrected chi connectivity index (χ1v) is 3.46. The normalized spacial score (nSPS) is 10.5. The second-order valence-electron chi connectivity index (χ2n) is 2.41. The number of nitrogens with zero attached hydrogens (tertiary/aromatic N) is 2. The van der Waals surface area contributed by atoms with Crippen LogP contribution in [0.4, 0.5) is 4.48 Å². The molecule has 0 bridgehead atoms. The van der Waals surface area contributed by atoms with Gasteiger partial charge in [0.1, 0.15) is 0 Å². The molecule has 2 aromatic rings. The van der Waals surface area contributed by atoms with Crippen LogP contribution in [0.3, 0.4) is 0 Å². The standard InChI is InChI=1S/C7H4FN3O2/c8-11-5-4(2-1-3-9-5)6(12)10-7(11)13/h1-3H,(H,10,12,13). The summed E-state index contributed by atoms with van der Waals surface area (Å²) in [6.07, 6.45) is 1.30. The van der Waals surface area contributed by atoms with Crippen molar-refractivity contribution in [3.05, 3.63) is 39.2 Å². The summed E-state index contributed by atoms with van der Waals surface area (Å²) < 4.78 is 12.9. The second-order valence-corrected chi connectivity index (χ2v) is 2.41. The monoisotopic (exact) mass is 181 g/mol. The van der Waals surface area contributed by atoms with Crippen molar-refractivity contribution in [2.75, 3.05) is 0 Å². The van der Waals surface area contributed by atoms with Crippen LogP contribution in [0.25, 0.3) is 11.0 Å². The third-order valence-corrected chi connectivity index (χ3v) is 1.62. The van der Waals surface area contributed by atoms with Gasteiger partial charge in [-0.05, 0) is 12.1 Å². The van der Waals surface area contributed by atoms with Gasteiger partial charge < -0.3 is 0 Å². The van der Waals surface area contributed by atoms with Gasteiger partial charge in [0.15, 0.2) is 5.65 Å². The number of halogens is 1. The van der Waals surface area contributed by atoms with E-state index < -0.39 is 11.2 Å². The van der Waals surface area contributed by atoms with E-state index in [0.717, 1.165) is 0 Å². The van der Waals surface area contributed by atoms with E-state index in [9.17, 15) is 14.1 Å². The van der Waals surface area contributed by atoms with Crippen LogP contribution in [0.5, 0.6) is 0 Å².